The summed E-state index contributed by atoms with van der Waals surface area (Å²) >= 11 is 0. The summed E-state index contributed by atoms with van der Waals surface area (Å²) < 4.78 is 1.52. The molecule has 0 aromatic carbocycles. The van der Waals surface area contributed by atoms with Gasteiger partial charge in [0.15, 0.2) is 5.65 Å². The molecular formula is C22H25N7O2. The van der Waals surface area contributed by atoms with Gasteiger partial charge in [0, 0.05) is 49.3 Å². The summed E-state index contributed by atoms with van der Waals surface area (Å²) in [7, 11) is 0. The van der Waals surface area contributed by atoms with Crippen LogP contribution in [0.5, 0.6) is 0 Å². The van der Waals surface area contributed by atoms with Crippen LogP contribution in [-0.2, 0) is 0 Å². The zero-order chi connectivity index (χ0) is 21.7. The van der Waals surface area contributed by atoms with E-state index in [0.29, 0.717) is 53.0 Å². The summed E-state index contributed by atoms with van der Waals surface area (Å²) in [4.78, 5) is 44.1. The van der Waals surface area contributed by atoms with Gasteiger partial charge in [-0.2, -0.15) is 4.98 Å². The lowest BCUT2D eigenvalue weighted by Crippen LogP contribution is -2.40. The van der Waals surface area contributed by atoms with Crippen molar-refractivity contribution in [3.8, 4) is 0 Å². The van der Waals surface area contributed by atoms with E-state index in [-0.39, 0.29) is 17.5 Å². The van der Waals surface area contributed by atoms with E-state index in [4.69, 9.17) is 0 Å². The molecule has 0 saturated carbocycles. The first-order chi connectivity index (χ1) is 15.0. The van der Waals surface area contributed by atoms with Gasteiger partial charge in [-0.15, -0.1) is 0 Å². The molecule has 1 fully saturated rings. The number of carbonyl (C=O) groups is 1. The summed E-state index contributed by atoms with van der Waals surface area (Å²) in [6, 6.07) is 3.79. The Hall–Kier alpha value is -3.49. The normalized spacial score (nSPS) is 18.2. The van der Waals surface area contributed by atoms with Crippen molar-refractivity contribution in [2.75, 3.05) is 34.8 Å². The molecule has 2 aliphatic rings. The first-order valence-corrected chi connectivity index (χ1v) is 10.7. The van der Waals surface area contributed by atoms with E-state index < -0.39 is 0 Å². The van der Waals surface area contributed by atoms with Crippen molar-refractivity contribution in [3.05, 3.63) is 51.7 Å². The number of pyridine rings is 1. The highest BCUT2D eigenvalue weighted by Gasteiger charge is 2.38. The Balaban J connectivity index is 1.69. The second-order valence-corrected chi connectivity index (χ2v) is 8.08. The number of fused-ring (bicyclic) bond motifs is 4. The van der Waals surface area contributed by atoms with E-state index in [2.05, 4.69) is 25.2 Å². The number of nitrogens with zero attached hydrogens (tertiary/aromatic N) is 6. The minimum atomic E-state index is -0.173. The van der Waals surface area contributed by atoms with Gasteiger partial charge in [0.05, 0.1) is 5.69 Å². The van der Waals surface area contributed by atoms with Gasteiger partial charge in [-0.1, -0.05) is 0 Å². The Labute approximate surface area is 179 Å². The van der Waals surface area contributed by atoms with Gasteiger partial charge < -0.3 is 15.1 Å². The molecule has 3 aromatic rings. The molecule has 160 valence electrons. The number of nitrogens with one attached hydrogen (secondary N) is 1. The highest BCUT2D eigenvalue weighted by molar-refractivity contribution is 6.11. The molecule has 1 atom stereocenters. The van der Waals surface area contributed by atoms with Crippen molar-refractivity contribution in [3.63, 3.8) is 0 Å². The second kappa shape index (κ2) is 7.33. The Morgan fingerprint density at radius 2 is 2.06 bits per heavy atom. The molecule has 1 N–H and O–H groups in total. The monoisotopic (exact) mass is 419 g/mol. The molecule has 3 aromatic heterocycles. The van der Waals surface area contributed by atoms with Gasteiger partial charge in [-0.25, -0.2) is 9.97 Å². The first kappa shape index (κ1) is 19.5. The smallest absolute Gasteiger partial charge is 0.263 e. The lowest BCUT2D eigenvalue weighted by molar-refractivity contribution is 0.0988. The topological polar surface area (TPSA) is 95.7 Å². The van der Waals surface area contributed by atoms with Crippen LogP contribution in [0.2, 0.25) is 0 Å². The number of aromatic nitrogens is 4. The number of hydrogen-bond acceptors (Lipinski definition) is 7. The van der Waals surface area contributed by atoms with Gasteiger partial charge in [-0.05, 0) is 45.7 Å². The van der Waals surface area contributed by atoms with Gasteiger partial charge in [0.1, 0.15) is 11.4 Å². The van der Waals surface area contributed by atoms with Crippen LogP contribution in [-0.4, -0.2) is 50.9 Å². The van der Waals surface area contributed by atoms with Gasteiger partial charge in [0.25, 0.3) is 11.5 Å². The predicted octanol–water partition coefficient (Wildman–Crippen LogP) is 2.16. The lowest BCUT2D eigenvalue weighted by atomic mass is 10.2. The Morgan fingerprint density at radius 3 is 2.87 bits per heavy atom. The van der Waals surface area contributed by atoms with E-state index in [1.54, 1.807) is 30.3 Å². The number of aryl methyl sites for hydroxylation is 1. The number of amides is 1. The molecule has 9 heteroatoms. The molecular weight excluding hydrogens is 394 g/mol. The summed E-state index contributed by atoms with van der Waals surface area (Å²) in [6.45, 7) is 7.65. The van der Waals surface area contributed by atoms with Crippen molar-refractivity contribution in [2.45, 2.75) is 39.7 Å². The Bertz CT molecular complexity index is 1250. The maximum atomic E-state index is 13.7. The second-order valence-electron chi connectivity index (χ2n) is 8.08. The molecule has 0 unspecified atom stereocenters. The third-order valence-corrected chi connectivity index (χ3v) is 6.21. The fraction of sp³-hybridized carbons (Fsp3) is 0.409. The third kappa shape index (κ3) is 3.03. The molecule has 9 nitrogen and oxygen atoms in total. The van der Waals surface area contributed by atoms with Crippen LogP contribution >= 0.6 is 0 Å². The number of anilines is 3. The largest absolute Gasteiger partial charge is 0.354 e. The van der Waals surface area contributed by atoms with Crippen LogP contribution in [0.25, 0.3) is 5.65 Å². The first-order valence-electron chi connectivity index (χ1n) is 10.7. The van der Waals surface area contributed by atoms with Crippen molar-refractivity contribution < 1.29 is 4.79 Å². The maximum absolute atomic E-state index is 13.7. The summed E-state index contributed by atoms with van der Waals surface area (Å²) in [6.07, 6.45) is 5.32. The average Bonchev–Trinajstić information content (AvgIpc) is 3.20. The average molecular weight is 419 g/mol. The van der Waals surface area contributed by atoms with Crippen molar-refractivity contribution >= 4 is 29.0 Å². The molecule has 31 heavy (non-hydrogen) atoms. The van der Waals surface area contributed by atoms with Crippen molar-refractivity contribution in [1.29, 1.82) is 0 Å². The lowest BCUT2D eigenvalue weighted by Gasteiger charge is -2.27. The molecule has 0 bridgehead atoms. The zero-order valence-corrected chi connectivity index (χ0v) is 17.9. The fourth-order valence-corrected chi connectivity index (χ4v) is 4.49. The highest BCUT2D eigenvalue weighted by atomic mass is 16.2. The zero-order valence-electron chi connectivity index (χ0n) is 17.9. The number of carbonyl (C=O) groups excluding carboxylic acids is 1. The minimum absolute atomic E-state index is 0.117. The van der Waals surface area contributed by atoms with Gasteiger partial charge in [0.2, 0.25) is 5.95 Å². The van der Waals surface area contributed by atoms with Crippen LogP contribution in [0, 0.1) is 13.8 Å². The van der Waals surface area contributed by atoms with E-state index in [9.17, 15) is 9.59 Å². The standard InChI is InChI=1S/C22H25N7O2/c1-4-23-22-24-11-16-18(26-22)27-9-5-7-15(27)12-29(21(16)31)17-8-6-10-28-19(17)25-14(3)13(2)20(28)30/h6,8,10-11,15H,4-5,7,9,12H2,1-3H3,(H,23,24,26)/t15-/m0/s1. The summed E-state index contributed by atoms with van der Waals surface area (Å²) in [5.41, 5.74) is 2.74. The molecule has 0 radical (unpaired) electrons. The van der Waals surface area contributed by atoms with Crippen LogP contribution in [0.15, 0.2) is 29.3 Å². The van der Waals surface area contributed by atoms with E-state index in [0.717, 1.165) is 19.4 Å². The molecule has 1 amide bonds. The number of hydrogen-bond donors (Lipinski definition) is 1. The summed E-state index contributed by atoms with van der Waals surface area (Å²) in [5, 5.41) is 3.14. The Morgan fingerprint density at radius 1 is 1.23 bits per heavy atom. The maximum Gasteiger partial charge on any atom is 0.263 e. The third-order valence-electron chi connectivity index (χ3n) is 6.21. The molecule has 0 spiro atoms. The molecule has 0 aliphatic carbocycles. The molecule has 1 saturated heterocycles. The molecule has 2 aliphatic heterocycles. The van der Waals surface area contributed by atoms with Crippen LogP contribution in [0.1, 0.15) is 41.4 Å². The van der Waals surface area contributed by atoms with Gasteiger partial charge in [-0.3, -0.25) is 14.0 Å². The predicted molar refractivity (Wildman–Crippen MR) is 119 cm³/mol. The van der Waals surface area contributed by atoms with Crippen LogP contribution in [0.3, 0.4) is 0 Å². The Kier molecular flexibility index (Phi) is 4.60. The molecule has 5 heterocycles. The minimum Gasteiger partial charge on any atom is -0.354 e. The van der Waals surface area contributed by atoms with E-state index in [1.165, 1.54) is 4.40 Å². The van der Waals surface area contributed by atoms with Crippen LogP contribution in [0.4, 0.5) is 17.5 Å². The highest BCUT2D eigenvalue weighted by Crippen LogP contribution is 2.34. The molecule has 5 rings (SSSR count). The van der Waals surface area contributed by atoms with Crippen molar-refractivity contribution in [1.82, 2.24) is 19.4 Å². The van der Waals surface area contributed by atoms with Gasteiger partial charge >= 0.3 is 0 Å². The van der Waals surface area contributed by atoms with E-state index >= 15 is 0 Å². The SMILES string of the molecule is CCNc1ncc2c(n1)N1CCC[C@H]1CN(c1cccn3c(=O)c(C)c(C)nc13)C2=O. The van der Waals surface area contributed by atoms with Crippen LogP contribution < -0.4 is 20.7 Å². The van der Waals surface area contributed by atoms with Crippen molar-refractivity contribution in [2.24, 2.45) is 0 Å². The number of rotatable bonds is 3. The quantitative estimate of drug-likeness (QED) is 0.695. The fourth-order valence-electron chi connectivity index (χ4n) is 4.49. The summed E-state index contributed by atoms with van der Waals surface area (Å²) in [5.74, 6) is 1.03. The van der Waals surface area contributed by atoms with E-state index in [1.807, 2.05) is 19.9 Å².